The first-order valence-corrected chi connectivity index (χ1v) is 5.82. The molecule has 0 bridgehead atoms. The molecule has 2 unspecified atom stereocenters. The lowest BCUT2D eigenvalue weighted by molar-refractivity contribution is 0.106. The van der Waals surface area contributed by atoms with Crippen LogP contribution in [0.1, 0.15) is 31.6 Å². The molecule has 1 rings (SSSR count). The third-order valence-electron chi connectivity index (χ3n) is 2.57. The fraction of sp³-hybridized carbons (Fsp3) is 0.636. The van der Waals surface area contributed by atoms with E-state index in [0.717, 1.165) is 19.3 Å². The number of rotatable bonds is 5. The summed E-state index contributed by atoms with van der Waals surface area (Å²) >= 11 is 1.77. The second-order valence-corrected chi connectivity index (χ2v) is 4.60. The van der Waals surface area contributed by atoms with E-state index in [1.165, 1.54) is 4.88 Å². The average molecular weight is 198 g/mol. The lowest BCUT2D eigenvalue weighted by Crippen LogP contribution is -2.17. The summed E-state index contributed by atoms with van der Waals surface area (Å²) in [5, 5.41) is 11.8. The van der Waals surface area contributed by atoms with Crippen molar-refractivity contribution in [1.82, 2.24) is 0 Å². The molecule has 1 nitrogen and oxygen atoms in total. The van der Waals surface area contributed by atoms with Crippen LogP contribution in [-0.4, -0.2) is 11.2 Å². The summed E-state index contributed by atoms with van der Waals surface area (Å²) < 4.78 is 0. The normalized spacial score (nSPS) is 15.6. The summed E-state index contributed by atoms with van der Waals surface area (Å²) in [7, 11) is 0. The van der Waals surface area contributed by atoms with Gasteiger partial charge < -0.3 is 5.11 Å². The Labute approximate surface area is 84.4 Å². The van der Waals surface area contributed by atoms with Gasteiger partial charge in [-0.15, -0.1) is 11.3 Å². The van der Waals surface area contributed by atoms with Crippen LogP contribution in [0.15, 0.2) is 17.5 Å². The Morgan fingerprint density at radius 2 is 2.31 bits per heavy atom. The summed E-state index contributed by atoms with van der Waals surface area (Å²) in [6.45, 7) is 4.23. The van der Waals surface area contributed by atoms with E-state index in [4.69, 9.17) is 0 Å². The molecule has 1 heterocycles. The standard InChI is InChI=1S/C11H18OS/c1-3-9(2)11(12)7-6-10-5-4-8-13-10/h4-5,8-9,11-12H,3,6-7H2,1-2H3. The SMILES string of the molecule is CCC(C)C(O)CCc1cccs1. The minimum atomic E-state index is -0.132. The van der Waals surface area contributed by atoms with Crippen LogP contribution in [0.4, 0.5) is 0 Å². The first kappa shape index (κ1) is 10.7. The van der Waals surface area contributed by atoms with Gasteiger partial charge in [0.15, 0.2) is 0 Å². The van der Waals surface area contributed by atoms with Crippen molar-refractivity contribution in [1.29, 1.82) is 0 Å². The van der Waals surface area contributed by atoms with E-state index in [1.807, 2.05) is 0 Å². The van der Waals surface area contributed by atoms with Crippen LogP contribution in [0.5, 0.6) is 0 Å². The third kappa shape index (κ3) is 3.49. The van der Waals surface area contributed by atoms with E-state index in [1.54, 1.807) is 11.3 Å². The fourth-order valence-corrected chi connectivity index (χ4v) is 2.03. The third-order valence-corrected chi connectivity index (χ3v) is 3.50. The molecule has 0 aliphatic carbocycles. The van der Waals surface area contributed by atoms with Crippen LogP contribution in [0.2, 0.25) is 0 Å². The van der Waals surface area contributed by atoms with Crippen LogP contribution in [-0.2, 0) is 6.42 Å². The molecule has 1 aromatic heterocycles. The summed E-state index contributed by atoms with van der Waals surface area (Å²) in [5.41, 5.74) is 0. The van der Waals surface area contributed by atoms with E-state index in [-0.39, 0.29) is 6.10 Å². The fourth-order valence-electron chi connectivity index (χ4n) is 1.30. The molecule has 2 atom stereocenters. The van der Waals surface area contributed by atoms with Crippen molar-refractivity contribution in [2.24, 2.45) is 5.92 Å². The maximum atomic E-state index is 9.72. The first-order chi connectivity index (χ1) is 6.24. The molecule has 0 saturated carbocycles. The van der Waals surface area contributed by atoms with Gasteiger partial charge in [-0.05, 0) is 30.2 Å². The van der Waals surface area contributed by atoms with Gasteiger partial charge in [0.05, 0.1) is 6.10 Å². The molecular weight excluding hydrogens is 180 g/mol. The first-order valence-electron chi connectivity index (χ1n) is 4.94. The molecule has 74 valence electrons. The second-order valence-electron chi connectivity index (χ2n) is 3.57. The van der Waals surface area contributed by atoms with E-state index < -0.39 is 0 Å². The molecular formula is C11H18OS. The molecule has 0 amide bonds. The van der Waals surface area contributed by atoms with Crippen LogP contribution < -0.4 is 0 Å². The van der Waals surface area contributed by atoms with Gasteiger partial charge in [0.2, 0.25) is 0 Å². The van der Waals surface area contributed by atoms with E-state index in [9.17, 15) is 5.11 Å². The smallest absolute Gasteiger partial charge is 0.0569 e. The highest BCUT2D eigenvalue weighted by Crippen LogP contribution is 2.16. The monoisotopic (exact) mass is 198 g/mol. The number of aliphatic hydroxyl groups excluding tert-OH is 1. The Hall–Kier alpha value is -0.340. The predicted molar refractivity (Wildman–Crippen MR) is 58.1 cm³/mol. The van der Waals surface area contributed by atoms with Gasteiger partial charge >= 0.3 is 0 Å². The Kier molecular flexibility index (Phi) is 4.46. The van der Waals surface area contributed by atoms with Crippen LogP contribution in [0.25, 0.3) is 0 Å². The lowest BCUT2D eigenvalue weighted by atomic mass is 9.98. The number of thiophene rings is 1. The maximum absolute atomic E-state index is 9.72. The van der Waals surface area contributed by atoms with Crippen molar-refractivity contribution < 1.29 is 5.11 Å². The minimum Gasteiger partial charge on any atom is -0.393 e. The molecule has 0 aromatic carbocycles. The summed E-state index contributed by atoms with van der Waals surface area (Å²) in [5.74, 6) is 0.431. The Balaban J connectivity index is 2.26. The zero-order valence-electron chi connectivity index (χ0n) is 8.36. The van der Waals surface area contributed by atoms with Crippen molar-refractivity contribution in [3.05, 3.63) is 22.4 Å². The minimum absolute atomic E-state index is 0.132. The number of aliphatic hydroxyl groups is 1. The van der Waals surface area contributed by atoms with E-state index in [2.05, 4.69) is 31.4 Å². The highest BCUT2D eigenvalue weighted by molar-refractivity contribution is 7.09. The number of aryl methyl sites for hydroxylation is 1. The van der Waals surface area contributed by atoms with Crippen molar-refractivity contribution in [2.75, 3.05) is 0 Å². The molecule has 0 spiro atoms. The second kappa shape index (κ2) is 5.40. The Morgan fingerprint density at radius 3 is 2.85 bits per heavy atom. The highest BCUT2D eigenvalue weighted by Gasteiger charge is 2.11. The zero-order chi connectivity index (χ0) is 9.68. The molecule has 13 heavy (non-hydrogen) atoms. The maximum Gasteiger partial charge on any atom is 0.0569 e. The molecule has 1 N–H and O–H groups in total. The molecule has 0 aliphatic heterocycles. The zero-order valence-corrected chi connectivity index (χ0v) is 9.18. The molecule has 2 heteroatoms. The highest BCUT2D eigenvalue weighted by atomic mass is 32.1. The number of hydrogen-bond donors (Lipinski definition) is 1. The molecule has 0 aliphatic rings. The molecule has 0 radical (unpaired) electrons. The molecule has 0 saturated heterocycles. The van der Waals surface area contributed by atoms with Gasteiger partial charge in [0.25, 0.3) is 0 Å². The average Bonchev–Trinajstić information content (AvgIpc) is 2.65. The predicted octanol–water partition coefficient (Wildman–Crippen LogP) is 3.09. The summed E-state index contributed by atoms with van der Waals surface area (Å²) in [6, 6.07) is 4.20. The summed E-state index contributed by atoms with van der Waals surface area (Å²) in [4.78, 5) is 1.38. The van der Waals surface area contributed by atoms with Gasteiger partial charge in [-0.3, -0.25) is 0 Å². The van der Waals surface area contributed by atoms with Gasteiger partial charge in [0, 0.05) is 4.88 Å². The van der Waals surface area contributed by atoms with Crippen molar-refractivity contribution >= 4 is 11.3 Å². The topological polar surface area (TPSA) is 20.2 Å². The van der Waals surface area contributed by atoms with Crippen LogP contribution >= 0.6 is 11.3 Å². The van der Waals surface area contributed by atoms with Crippen LogP contribution in [0.3, 0.4) is 0 Å². The lowest BCUT2D eigenvalue weighted by Gasteiger charge is -2.16. The van der Waals surface area contributed by atoms with E-state index in [0.29, 0.717) is 5.92 Å². The van der Waals surface area contributed by atoms with Crippen molar-refractivity contribution in [2.45, 2.75) is 39.2 Å². The Morgan fingerprint density at radius 1 is 1.54 bits per heavy atom. The quantitative estimate of drug-likeness (QED) is 0.771. The molecule has 0 fully saturated rings. The summed E-state index contributed by atoms with van der Waals surface area (Å²) in [6.07, 6.45) is 2.84. The van der Waals surface area contributed by atoms with E-state index >= 15 is 0 Å². The molecule has 1 aromatic rings. The van der Waals surface area contributed by atoms with Gasteiger partial charge in [-0.1, -0.05) is 26.3 Å². The van der Waals surface area contributed by atoms with Crippen molar-refractivity contribution in [3.8, 4) is 0 Å². The van der Waals surface area contributed by atoms with Gasteiger partial charge in [0.1, 0.15) is 0 Å². The Bertz CT molecular complexity index is 218. The van der Waals surface area contributed by atoms with Crippen molar-refractivity contribution in [3.63, 3.8) is 0 Å². The van der Waals surface area contributed by atoms with Gasteiger partial charge in [-0.2, -0.15) is 0 Å². The largest absolute Gasteiger partial charge is 0.393 e. The van der Waals surface area contributed by atoms with Gasteiger partial charge in [-0.25, -0.2) is 0 Å². The van der Waals surface area contributed by atoms with Crippen LogP contribution in [0, 0.1) is 5.92 Å². The number of hydrogen-bond acceptors (Lipinski definition) is 2.